The lowest BCUT2D eigenvalue weighted by Crippen LogP contribution is -2.40. The Labute approximate surface area is 175 Å². The number of methoxy groups -OCH3 is 1. The Morgan fingerprint density at radius 1 is 1.21 bits per heavy atom. The third kappa shape index (κ3) is 5.95. The summed E-state index contributed by atoms with van der Waals surface area (Å²) in [6.45, 7) is 6.81. The van der Waals surface area contributed by atoms with Crippen LogP contribution in [0.15, 0.2) is 29.3 Å². The number of hydrogen-bond acceptors (Lipinski definition) is 3. The molecule has 1 amide bonds. The standard InChI is InChI=1S/C23H36N4O2/c1-3-24-22(26-18-23(11-7-12-23)13-15-29-2)25-14-6-10-21(28)27-16-19-8-4-5-9-20(19)17-27/h4-5,8-9H,3,6-7,10-18H2,1-2H3,(H2,24,25,26). The van der Waals surface area contributed by atoms with Crippen LogP contribution in [-0.2, 0) is 22.6 Å². The molecule has 1 aliphatic heterocycles. The van der Waals surface area contributed by atoms with Crippen LogP contribution >= 0.6 is 0 Å². The van der Waals surface area contributed by atoms with Crippen molar-refractivity contribution in [1.29, 1.82) is 0 Å². The SMILES string of the molecule is CCNC(=NCC1(CCOC)CCC1)NCCCC(=O)N1Cc2ccccc2C1. The van der Waals surface area contributed by atoms with E-state index >= 15 is 0 Å². The van der Waals surface area contributed by atoms with E-state index in [1.807, 2.05) is 17.0 Å². The fourth-order valence-corrected chi connectivity index (χ4v) is 4.19. The van der Waals surface area contributed by atoms with E-state index in [1.54, 1.807) is 7.11 Å². The first kappa shape index (κ1) is 21.6. The molecular formula is C23H36N4O2. The van der Waals surface area contributed by atoms with Gasteiger partial charge in [-0.1, -0.05) is 30.7 Å². The van der Waals surface area contributed by atoms with Gasteiger partial charge in [-0.2, -0.15) is 0 Å². The van der Waals surface area contributed by atoms with Crippen LogP contribution in [0.2, 0.25) is 0 Å². The zero-order valence-corrected chi connectivity index (χ0v) is 18.0. The lowest BCUT2D eigenvalue weighted by Gasteiger charge is -2.40. The van der Waals surface area contributed by atoms with E-state index in [9.17, 15) is 4.79 Å². The van der Waals surface area contributed by atoms with Crippen molar-refractivity contribution in [3.05, 3.63) is 35.4 Å². The molecule has 6 nitrogen and oxygen atoms in total. The van der Waals surface area contributed by atoms with Gasteiger partial charge in [0.1, 0.15) is 0 Å². The highest BCUT2D eigenvalue weighted by molar-refractivity contribution is 5.80. The summed E-state index contributed by atoms with van der Waals surface area (Å²) < 4.78 is 5.28. The molecule has 1 aromatic rings. The van der Waals surface area contributed by atoms with Crippen LogP contribution in [0.4, 0.5) is 0 Å². The second kappa shape index (κ2) is 10.6. The fraction of sp³-hybridized carbons (Fsp3) is 0.652. The maximum atomic E-state index is 12.5. The maximum absolute atomic E-state index is 12.5. The predicted molar refractivity (Wildman–Crippen MR) is 117 cm³/mol. The molecule has 1 aliphatic carbocycles. The maximum Gasteiger partial charge on any atom is 0.223 e. The molecule has 1 aromatic carbocycles. The van der Waals surface area contributed by atoms with Gasteiger partial charge >= 0.3 is 0 Å². The smallest absolute Gasteiger partial charge is 0.223 e. The van der Waals surface area contributed by atoms with Crippen LogP contribution < -0.4 is 10.6 Å². The van der Waals surface area contributed by atoms with Gasteiger partial charge in [0.05, 0.1) is 0 Å². The van der Waals surface area contributed by atoms with Crippen LogP contribution in [0.25, 0.3) is 0 Å². The van der Waals surface area contributed by atoms with Crippen LogP contribution in [0.1, 0.15) is 56.6 Å². The van der Waals surface area contributed by atoms with E-state index in [1.165, 1.54) is 30.4 Å². The zero-order chi connectivity index (χ0) is 20.5. The van der Waals surface area contributed by atoms with Crippen molar-refractivity contribution in [3.8, 4) is 0 Å². The van der Waals surface area contributed by atoms with Gasteiger partial charge < -0.3 is 20.3 Å². The number of rotatable bonds is 10. The summed E-state index contributed by atoms with van der Waals surface area (Å²) in [6, 6.07) is 8.32. The van der Waals surface area contributed by atoms with Gasteiger partial charge in [0.2, 0.25) is 5.91 Å². The molecule has 6 heteroatoms. The third-order valence-corrected chi connectivity index (χ3v) is 6.22. The van der Waals surface area contributed by atoms with Crippen molar-refractivity contribution in [1.82, 2.24) is 15.5 Å². The Morgan fingerprint density at radius 3 is 2.52 bits per heavy atom. The minimum Gasteiger partial charge on any atom is -0.385 e. The van der Waals surface area contributed by atoms with E-state index in [4.69, 9.17) is 9.73 Å². The summed E-state index contributed by atoms with van der Waals surface area (Å²) in [7, 11) is 1.77. The average molecular weight is 401 g/mol. The van der Waals surface area contributed by atoms with Crippen molar-refractivity contribution in [2.75, 3.05) is 33.4 Å². The summed E-state index contributed by atoms with van der Waals surface area (Å²) in [5, 5.41) is 6.72. The fourth-order valence-electron chi connectivity index (χ4n) is 4.19. The second-order valence-corrected chi connectivity index (χ2v) is 8.34. The quantitative estimate of drug-likeness (QED) is 0.360. The Hall–Kier alpha value is -2.08. The van der Waals surface area contributed by atoms with Gasteiger partial charge in [-0.05, 0) is 49.1 Å². The number of hydrogen-bond donors (Lipinski definition) is 2. The molecule has 1 fully saturated rings. The molecule has 0 spiro atoms. The van der Waals surface area contributed by atoms with Crippen molar-refractivity contribution < 1.29 is 9.53 Å². The molecule has 0 saturated heterocycles. The van der Waals surface area contributed by atoms with Gasteiger partial charge in [-0.15, -0.1) is 0 Å². The lowest BCUT2D eigenvalue weighted by molar-refractivity contribution is -0.131. The summed E-state index contributed by atoms with van der Waals surface area (Å²) in [4.78, 5) is 19.3. The van der Waals surface area contributed by atoms with Gasteiger partial charge in [0, 0.05) is 52.9 Å². The molecular weight excluding hydrogens is 364 g/mol. The van der Waals surface area contributed by atoms with Crippen molar-refractivity contribution in [3.63, 3.8) is 0 Å². The monoisotopic (exact) mass is 400 g/mol. The number of nitrogens with zero attached hydrogens (tertiary/aromatic N) is 2. The highest BCUT2D eigenvalue weighted by atomic mass is 16.5. The van der Waals surface area contributed by atoms with E-state index < -0.39 is 0 Å². The number of carbonyl (C=O) groups is 1. The van der Waals surface area contributed by atoms with Gasteiger partial charge in [-0.25, -0.2) is 0 Å². The highest BCUT2D eigenvalue weighted by Gasteiger charge is 2.36. The number of fused-ring (bicyclic) bond motifs is 1. The number of amides is 1. The number of guanidine groups is 1. The van der Waals surface area contributed by atoms with Crippen molar-refractivity contribution in [2.24, 2.45) is 10.4 Å². The van der Waals surface area contributed by atoms with E-state index in [0.717, 1.165) is 58.1 Å². The molecule has 29 heavy (non-hydrogen) atoms. The number of carbonyl (C=O) groups excluding carboxylic acids is 1. The minimum absolute atomic E-state index is 0.234. The van der Waals surface area contributed by atoms with E-state index in [2.05, 4.69) is 29.7 Å². The number of benzene rings is 1. The third-order valence-electron chi connectivity index (χ3n) is 6.22. The minimum atomic E-state index is 0.234. The first-order valence-electron chi connectivity index (χ1n) is 11.0. The normalized spacial score (nSPS) is 17.6. The Bertz CT molecular complexity index is 675. The van der Waals surface area contributed by atoms with E-state index in [-0.39, 0.29) is 5.91 Å². The molecule has 0 aromatic heterocycles. The molecule has 0 radical (unpaired) electrons. The molecule has 2 aliphatic rings. The van der Waals surface area contributed by atoms with Crippen LogP contribution in [0.3, 0.4) is 0 Å². The van der Waals surface area contributed by atoms with Crippen molar-refractivity contribution >= 4 is 11.9 Å². The van der Waals surface area contributed by atoms with Gasteiger partial charge in [0.15, 0.2) is 5.96 Å². The zero-order valence-electron chi connectivity index (χ0n) is 18.0. The summed E-state index contributed by atoms with van der Waals surface area (Å²) in [5.74, 6) is 1.09. The van der Waals surface area contributed by atoms with Crippen LogP contribution in [-0.4, -0.2) is 50.1 Å². The first-order valence-corrected chi connectivity index (χ1v) is 11.0. The summed E-state index contributed by atoms with van der Waals surface area (Å²) >= 11 is 0. The number of nitrogens with one attached hydrogen (secondary N) is 2. The van der Waals surface area contributed by atoms with Gasteiger partial charge in [-0.3, -0.25) is 9.79 Å². The number of aliphatic imine (C=N–C) groups is 1. The second-order valence-electron chi connectivity index (χ2n) is 8.34. The molecule has 1 saturated carbocycles. The van der Waals surface area contributed by atoms with Gasteiger partial charge in [0.25, 0.3) is 0 Å². The largest absolute Gasteiger partial charge is 0.385 e. The summed E-state index contributed by atoms with van der Waals surface area (Å²) in [6.07, 6.45) is 6.24. The van der Waals surface area contributed by atoms with E-state index in [0.29, 0.717) is 11.8 Å². The highest BCUT2D eigenvalue weighted by Crippen LogP contribution is 2.44. The molecule has 0 atom stereocenters. The molecule has 0 bridgehead atoms. The Morgan fingerprint density at radius 2 is 1.93 bits per heavy atom. The molecule has 3 rings (SSSR count). The molecule has 1 heterocycles. The molecule has 160 valence electrons. The Balaban J connectivity index is 1.40. The molecule has 0 unspecified atom stereocenters. The van der Waals surface area contributed by atoms with Crippen molar-refractivity contribution in [2.45, 2.75) is 58.5 Å². The van der Waals surface area contributed by atoms with Crippen LogP contribution in [0, 0.1) is 5.41 Å². The molecule has 2 N–H and O–H groups in total. The van der Waals surface area contributed by atoms with Crippen LogP contribution in [0.5, 0.6) is 0 Å². The topological polar surface area (TPSA) is 66.0 Å². The number of ether oxygens (including phenoxy) is 1. The predicted octanol–water partition coefficient (Wildman–Crippen LogP) is 3.07. The first-order chi connectivity index (χ1) is 14.2. The lowest BCUT2D eigenvalue weighted by atomic mass is 9.67. The summed E-state index contributed by atoms with van der Waals surface area (Å²) in [5.41, 5.74) is 2.87. The average Bonchev–Trinajstić information content (AvgIpc) is 3.14. The Kier molecular flexibility index (Phi) is 7.92.